The van der Waals surface area contributed by atoms with Crippen molar-refractivity contribution in [2.75, 3.05) is 6.61 Å². The smallest absolute Gasteiger partial charge is 0.201 e. The van der Waals surface area contributed by atoms with E-state index in [2.05, 4.69) is 36.2 Å². The van der Waals surface area contributed by atoms with E-state index in [0.717, 1.165) is 36.9 Å². The van der Waals surface area contributed by atoms with Gasteiger partial charge in [0.15, 0.2) is 11.6 Å². The van der Waals surface area contributed by atoms with Crippen LogP contribution in [0.25, 0.3) is 22.4 Å². The zero-order valence-electron chi connectivity index (χ0n) is 23.2. The Morgan fingerprint density at radius 2 is 1.39 bits per heavy atom. The van der Waals surface area contributed by atoms with Gasteiger partial charge in [0, 0.05) is 22.9 Å². The lowest BCUT2D eigenvalue weighted by Crippen LogP contribution is -2.27. The molecule has 206 valence electrons. The molecule has 0 fully saturated rings. The molecule has 1 atom stereocenters. The van der Waals surface area contributed by atoms with Crippen molar-refractivity contribution in [3.63, 3.8) is 0 Å². The molecule has 3 aromatic rings. The number of hydrogen-bond donors (Lipinski definition) is 0. The molecule has 0 N–H and O–H groups in total. The lowest BCUT2D eigenvalue weighted by molar-refractivity contribution is 0.0879. The molecule has 0 bridgehead atoms. The van der Waals surface area contributed by atoms with Crippen molar-refractivity contribution in [2.24, 2.45) is 0 Å². The minimum Gasteiger partial charge on any atom is -0.487 e. The van der Waals surface area contributed by atoms with Crippen LogP contribution in [0.3, 0.4) is 0 Å². The predicted molar refractivity (Wildman–Crippen MR) is 151 cm³/mol. The van der Waals surface area contributed by atoms with Gasteiger partial charge in [-0.3, -0.25) is 4.98 Å². The lowest BCUT2D eigenvalue weighted by atomic mass is 10.0. The third-order valence-corrected chi connectivity index (χ3v) is 7.02. The second kappa shape index (κ2) is 14.9. The van der Waals surface area contributed by atoms with Crippen LogP contribution in [0.5, 0.6) is 5.75 Å². The molecule has 0 saturated heterocycles. The number of aromatic nitrogens is 1. The van der Waals surface area contributed by atoms with Gasteiger partial charge in [-0.1, -0.05) is 95.5 Å². The molecule has 0 aliphatic heterocycles. The molecule has 0 unspecified atom stereocenters. The summed E-state index contributed by atoms with van der Waals surface area (Å²) in [6, 6.07) is 14.7. The molecule has 5 heteroatoms. The first-order valence-corrected chi connectivity index (χ1v) is 14.2. The molecule has 3 rings (SSSR count). The van der Waals surface area contributed by atoms with Crippen molar-refractivity contribution < 1.29 is 17.9 Å². The number of nitrogens with zero attached hydrogens (tertiary/aromatic N) is 1. The average Bonchev–Trinajstić information content (AvgIpc) is 2.92. The first-order chi connectivity index (χ1) is 18.3. The van der Waals surface area contributed by atoms with Gasteiger partial charge in [-0.15, -0.1) is 0 Å². The highest BCUT2D eigenvalue weighted by Crippen LogP contribution is 2.32. The number of alkyl halides is 1. The van der Waals surface area contributed by atoms with Crippen molar-refractivity contribution >= 4 is 0 Å². The quantitative estimate of drug-likeness (QED) is 0.174. The molecular weight excluding hydrogens is 483 g/mol. The first-order valence-electron chi connectivity index (χ1n) is 14.2. The van der Waals surface area contributed by atoms with Crippen LogP contribution in [0.15, 0.2) is 54.7 Å². The Labute approximate surface area is 226 Å². The highest BCUT2D eigenvalue weighted by molar-refractivity contribution is 5.68. The predicted octanol–water partition coefficient (Wildman–Crippen LogP) is 10.3. The Bertz CT molecular complexity index is 1110. The Morgan fingerprint density at radius 1 is 0.737 bits per heavy atom. The maximum Gasteiger partial charge on any atom is 0.201 e. The minimum absolute atomic E-state index is 0.0918. The molecule has 0 saturated carbocycles. The van der Waals surface area contributed by atoms with Crippen LogP contribution >= 0.6 is 0 Å². The molecule has 0 spiro atoms. The third kappa shape index (κ3) is 8.89. The number of aryl methyl sites for hydroxylation is 1. The maximum absolute atomic E-state index is 14.9. The van der Waals surface area contributed by atoms with Crippen LogP contribution in [0.4, 0.5) is 13.2 Å². The van der Waals surface area contributed by atoms with E-state index >= 15 is 0 Å². The summed E-state index contributed by atoms with van der Waals surface area (Å²) in [4.78, 5) is 4.49. The van der Waals surface area contributed by atoms with E-state index in [1.165, 1.54) is 63.1 Å². The summed E-state index contributed by atoms with van der Waals surface area (Å²) in [5.41, 5.74) is 2.02. The van der Waals surface area contributed by atoms with E-state index in [0.29, 0.717) is 12.0 Å². The van der Waals surface area contributed by atoms with Crippen LogP contribution in [0.2, 0.25) is 0 Å². The lowest BCUT2D eigenvalue weighted by Gasteiger charge is -2.21. The summed E-state index contributed by atoms with van der Waals surface area (Å²) < 4.78 is 49.6. The van der Waals surface area contributed by atoms with Crippen molar-refractivity contribution in [2.45, 2.75) is 97.1 Å². The minimum atomic E-state index is -1.59. The third-order valence-electron chi connectivity index (χ3n) is 7.02. The Kier molecular flexibility index (Phi) is 11.7. The van der Waals surface area contributed by atoms with E-state index in [9.17, 15) is 13.2 Å². The van der Waals surface area contributed by atoms with Crippen molar-refractivity contribution in [3.05, 3.63) is 71.9 Å². The number of ether oxygens (including phenoxy) is 1. The van der Waals surface area contributed by atoms with Crippen LogP contribution in [0.1, 0.15) is 90.5 Å². The fourth-order valence-electron chi connectivity index (χ4n) is 4.59. The van der Waals surface area contributed by atoms with Gasteiger partial charge in [-0.2, -0.15) is 4.39 Å². The fraction of sp³-hybridized carbons (Fsp3) is 0.485. The largest absolute Gasteiger partial charge is 0.487 e. The van der Waals surface area contributed by atoms with Gasteiger partial charge >= 0.3 is 0 Å². The molecule has 2 nitrogen and oxygen atoms in total. The van der Waals surface area contributed by atoms with Gasteiger partial charge in [-0.25, -0.2) is 8.78 Å². The zero-order chi connectivity index (χ0) is 27.4. The summed E-state index contributed by atoms with van der Waals surface area (Å²) in [5, 5.41) is 0. The zero-order valence-corrected chi connectivity index (χ0v) is 23.2. The van der Waals surface area contributed by atoms with Gasteiger partial charge < -0.3 is 4.74 Å². The van der Waals surface area contributed by atoms with E-state index in [4.69, 9.17) is 4.74 Å². The Morgan fingerprint density at radius 3 is 2.08 bits per heavy atom. The van der Waals surface area contributed by atoms with E-state index < -0.39 is 17.3 Å². The molecule has 38 heavy (non-hydrogen) atoms. The molecular formula is C33H42F3NO. The van der Waals surface area contributed by atoms with Crippen LogP contribution in [-0.2, 0) is 6.42 Å². The number of unbranched alkanes of at least 4 members (excludes halogenated alkanes) is 7. The number of benzene rings is 2. The molecule has 0 aliphatic carbocycles. The molecule has 0 radical (unpaired) electrons. The van der Waals surface area contributed by atoms with Gasteiger partial charge in [0.25, 0.3) is 0 Å². The topological polar surface area (TPSA) is 22.1 Å². The number of rotatable bonds is 16. The molecule has 0 amide bonds. The van der Waals surface area contributed by atoms with Crippen molar-refractivity contribution in [1.29, 1.82) is 0 Å². The van der Waals surface area contributed by atoms with E-state index in [1.807, 2.05) is 13.0 Å². The second-order valence-electron chi connectivity index (χ2n) is 10.5. The van der Waals surface area contributed by atoms with Crippen molar-refractivity contribution in [3.8, 4) is 28.1 Å². The van der Waals surface area contributed by atoms with Crippen LogP contribution < -0.4 is 4.74 Å². The number of pyridine rings is 1. The highest BCUT2D eigenvalue weighted by Gasteiger charge is 2.25. The van der Waals surface area contributed by atoms with E-state index in [1.54, 1.807) is 12.3 Å². The normalized spacial score (nSPS) is 12.9. The fourth-order valence-corrected chi connectivity index (χ4v) is 4.59. The Balaban J connectivity index is 1.59. The van der Waals surface area contributed by atoms with Crippen LogP contribution in [0, 0.1) is 11.6 Å². The summed E-state index contributed by atoms with van der Waals surface area (Å²) >= 11 is 0. The first kappa shape index (κ1) is 29.7. The Hall–Kier alpha value is -2.82. The van der Waals surface area contributed by atoms with E-state index in [-0.39, 0.29) is 17.9 Å². The van der Waals surface area contributed by atoms with Crippen molar-refractivity contribution in [1.82, 2.24) is 4.98 Å². The molecule has 1 heterocycles. The second-order valence-corrected chi connectivity index (χ2v) is 10.5. The van der Waals surface area contributed by atoms with Crippen LogP contribution in [-0.4, -0.2) is 17.3 Å². The number of hydrogen-bond acceptors (Lipinski definition) is 2. The summed E-state index contributed by atoms with van der Waals surface area (Å²) in [6.07, 6.45) is 13.3. The molecule has 1 aromatic heterocycles. The van der Waals surface area contributed by atoms with Gasteiger partial charge in [0.2, 0.25) is 5.82 Å². The maximum atomic E-state index is 14.9. The average molecular weight is 526 g/mol. The molecule has 0 aliphatic rings. The SMILES string of the molecule is CCCCCCCCc1ccc(-c2ccc(-c3ccc(OC[C@@](C)(F)CCCCC)c(F)c3F)cn2)cc1. The molecule has 2 aromatic carbocycles. The van der Waals surface area contributed by atoms with Gasteiger partial charge in [-0.05, 0) is 49.9 Å². The summed E-state index contributed by atoms with van der Waals surface area (Å²) in [5.74, 6) is -2.42. The summed E-state index contributed by atoms with van der Waals surface area (Å²) in [7, 11) is 0. The highest BCUT2D eigenvalue weighted by atomic mass is 19.2. The summed E-state index contributed by atoms with van der Waals surface area (Å²) in [6.45, 7) is 5.39. The standard InChI is InChI=1S/C33H42F3NO/c1-4-6-8-9-10-11-13-25-14-16-26(17-15-25)29-20-18-27(23-37-29)28-19-21-30(32(35)31(28)34)38-24-33(3,36)22-12-7-5-2/h14-21,23H,4-13,22,24H2,1-3H3/t33-/m0/s1. The monoisotopic (exact) mass is 525 g/mol. The number of halogens is 3. The van der Waals surface area contributed by atoms with Gasteiger partial charge in [0.1, 0.15) is 12.3 Å². The van der Waals surface area contributed by atoms with Gasteiger partial charge in [0.05, 0.1) is 5.69 Å².